The number of thioether (sulfide) groups is 1. The minimum Gasteiger partial charge on any atom is -0.466 e. The van der Waals surface area contributed by atoms with Gasteiger partial charge in [-0.05, 0) is 6.92 Å². The lowest BCUT2D eigenvalue weighted by Crippen LogP contribution is -2.35. The number of hydrogen-bond acceptors (Lipinski definition) is 7. The Hall–Kier alpha value is -1.61. The maximum absolute atomic E-state index is 11.5. The molecule has 116 valence electrons. The van der Waals surface area contributed by atoms with E-state index in [9.17, 15) is 14.4 Å². The van der Waals surface area contributed by atoms with Crippen molar-refractivity contribution in [2.75, 3.05) is 26.0 Å². The Bertz CT molecular complexity index is 504. The van der Waals surface area contributed by atoms with E-state index in [1.54, 1.807) is 12.3 Å². The molecule has 0 saturated heterocycles. The van der Waals surface area contributed by atoms with Crippen molar-refractivity contribution < 1.29 is 19.1 Å². The third-order valence-electron chi connectivity index (χ3n) is 2.21. The van der Waals surface area contributed by atoms with Crippen LogP contribution in [0.5, 0.6) is 0 Å². The third kappa shape index (κ3) is 7.09. The summed E-state index contributed by atoms with van der Waals surface area (Å²) in [5.74, 6) is -0.642. The van der Waals surface area contributed by atoms with Crippen LogP contribution in [0.25, 0.3) is 0 Å². The van der Waals surface area contributed by atoms with Gasteiger partial charge in [0.15, 0.2) is 4.34 Å². The summed E-state index contributed by atoms with van der Waals surface area (Å²) in [7, 11) is 1.50. The lowest BCUT2D eigenvalue weighted by atomic mass is 10.3. The average molecular weight is 331 g/mol. The van der Waals surface area contributed by atoms with Crippen molar-refractivity contribution in [2.24, 2.45) is 0 Å². The van der Waals surface area contributed by atoms with Crippen LogP contribution >= 0.6 is 23.1 Å². The van der Waals surface area contributed by atoms with Crippen molar-refractivity contribution in [3.8, 4) is 0 Å². The molecule has 0 aromatic carbocycles. The number of nitrogens with zero attached hydrogens (tertiary/aromatic N) is 1. The molecule has 0 aliphatic rings. The van der Waals surface area contributed by atoms with Crippen LogP contribution in [0.3, 0.4) is 0 Å². The monoisotopic (exact) mass is 331 g/mol. The Morgan fingerprint density at radius 1 is 1.38 bits per heavy atom. The summed E-state index contributed by atoms with van der Waals surface area (Å²) in [6.07, 6.45) is 0.133. The number of esters is 1. The number of thiazole rings is 1. The molecule has 2 N–H and O–H groups in total. The summed E-state index contributed by atoms with van der Waals surface area (Å²) in [4.78, 5) is 38.0. The second-order valence-corrected chi connectivity index (χ2v) is 5.91. The van der Waals surface area contributed by atoms with E-state index in [0.29, 0.717) is 16.6 Å². The van der Waals surface area contributed by atoms with E-state index in [2.05, 4.69) is 15.6 Å². The Kier molecular flexibility index (Phi) is 7.76. The highest BCUT2D eigenvalue weighted by atomic mass is 32.2. The van der Waals surface area contributed by atoms with Crippen LogP contribution in [0, 0.1) is 0 Å². The smallest absolute Gasteiger partial charge is 0.311 e. The molecule has 9 heteroatoms. The van der Waals surface area contributed by atoms with Crippen LogP contribution in [0.2, 0.25) is 0 Å². The van der Waals surface area contributed by atoms with Gasteiger partial charge in [-0.25, -0.2) is 4.98 Å². The normalized spacial score (nSPS) is 10.0. The first-order valence-electron chi connectivity index (χ1n) is 6.25. The lowest BCUT2D eigenvalue weighted by molar-refractivity contribution is -0.142. The molecular weight excluding hydrogens is 314 g/mol. The van der Waals surface area contributed by atoms with Gasteiger partial charge in [0.05, 0.1) is 31.0 Å². The van der Waals surface area contributed by atoms with Crippen molar-refractivity contribution in [1.29, 1.82) is 0 Å². The predicted octanol–water partition coefficient (Wildman–Crippen LogP) is 0.203. The van der Waals surface area contributed by atoms with Crippen molar-refractivity contribution in [3.05, 3.63) is 11.1 Å². The van der Waals surface area contributed by atoms with Gasteiger partial charge in [0.25, 0.3) is 0 Å². The summed E-state index contributed by atoms with van der Waals surface area (Å²) in [6.45, 7) is 2.05. The highest BCUT2D eigenvalue weighted by Gasteiger charge is 2.10. The molecule has 1 aromatic heterocycles. The van der Waals surface area contributed by atoms with E-state index in [0.717, 1.165) is 0 Å². The number of likely N-dealkylation sites (N-methyl/N-ethyl adjacent to an activating group) is 1. The lowest BCUT2D eigenvalue weighted by Gasteiger charge is -2.02. The quantitative estimate of drug-likeness (QED) is 0.522. The van der Waals surface area contributed by atoms with Crippen LogP contribution in [-0.2, 0) is 25.5 Å². The van der Waals surface area contributed by atoms with Crippen molar-refractivity contribution in [2.45, 2.75) is 17.7 Å². The maximum atomic E-state index is 11.5. The van der Waals surface area contributed by atoms with Crippen LogP contribution < -0.4 is 10.6 Å². The van der Waals surface area contributed by atoms with E-state index in [1.165, 1.54) is 30.1 Å². The van der Waals surface area contributed by atoms with Gasteiger partial charge in [0.2, 0.25) is 11.8 Å². The number of ether oxygens (including phenoxy) is 1. The fourth-order valence-electron chi connectivity index (χ4n) is 1.24. The molecule has 1 rings (SSSR count). The van der Waals surface area contributed by atoms with Gasteiger partial charge in [0, 0.05) is 12.4 Å². The van der Waals surface area contributed by atoms with E-state index >= 15 is 0 Å². The SMILES string of the molecule is CCOC(=O)Cc1csc(SCC(=O)NCC(=O)NC)n1. The molecule has 7 nitrogen and oxygen atoms in total. The van der Waals surface area contributed by atoms with Crippen LogP contribution in [0.1, 0.15) is 12.6 Å². The number of aromatic nitrogens is 1. The fraction of sp³-hybridized carbons (Fsp3) is 0.500. The van der Waals surface area contributed by atoms with Gasteiger partial charge < -0.3 is 15.4 Å². The Balaban J connectivity index is 2.32. The standard InChI is InChI=1S/C12H17N3O4S2/c1-3-19-11(18)4-8-6-20-12(15-8)21-7-10(17)14-5-9(16)13-2/h6H,3-5,7H2,1-2H3,(H,13,16)(H,14,17). The van der Waals surface area contributed by atoms with Gasteiger partial charge in [-0.1, -0.05) is 11.8 Å². The molecule has 21 heavy (non-hydrogen) atoms. The number of rotatable bonds is 8. The Morgan fingerprint density at radius 2 is 2.14 bits per heavy atom. The molecule has 0 spiro atoms. The van der Waals surface area contributed by atoms with E-state index in [1.807, 2.05) is 0 Å². The van der Waals surface area contributed by atoms with Crippen molar-refractivity contribution in [1.82, 2.24) is 15.6 Å². The number of hydrogen-bond donors (Lipinski definition) is 2. The van der Waals surface area contributed by atoms with E-state index in [-0.39, 0.29) is 36.5 Å². The van der Waals surface area contributed by atoms with E-state index in [4.69, 9.17) is 4.74 Å². The molecule has 0 unspecified atom stereocenters. The topological polar surface area (TPSA) is 97.4 Å². The van der Waals surface area contributed by atoms with Gasteiger partial charge >= 0.3 is 5.97 Å². The molecule has 0 aliphatic heterocycles. The molecule has 1 heterocycles. The largest absolute Gasteiger partial charge is 0.466 e. The number of carbonyl (C=O) groups excluding carboxylic acids is 3. The maximum Gasteiger partial charge on any atom is 0.311 e. The molecule has 0 bridgehead atoms. The zero-order chi connectivity index (χ0) is 15.7. The minimum atomic E-state index is -0.317. The molecule has 1 aromatic rings. The Morgan fingerprint density at radius 3 is 2.81 bits per heavy atom. The number of amides is 2. The molecule has 0 radical (unpaired) electrons. The van der Waals surface area contributed by atoms with Crippen LogP contribution in [-0.4, -0.2) is 48.7 Å². The average Bonchev–Trinajstić information content (AvgIpc) is 2.90. The van der Waals surface area contributed by atoms with Gasteiger partial charge in [0.1, 0.15) is 0 Å². The highest BCUT2D eigenvalue weighted by molar-refractivity contribution is 8.01. The second kappa shape index (κ2) is 9.35. The van der Waals surface area contributed by atoms with Crippen molar-refractivity contribution >= 4 is 40.9 Å². The highest BCUT2D eigenvalue weighted by Crippen LogP contribution is 2.22. The first kappa shape index (κ1) is 17.4. The zero-order valence-electron chi connectivity index (χ0n) is 11.8. The molecule has 0 aliphatic carbocycles. The number of carbonyl (C=O) groups is 3. The molecule has 0 atom stereocenters. The minimum absolute atomic E-state index is 0.0398. The van der Waals surface area contributed by atoms with Gasteiger partial charge in [-0.3, -0.25) is 14.4 Å². The van der Waals surface area contributed by atoms with Crippen LogP contribution in [0.15, 0.2) is 9.72 Å². The summed E-state index contributed by atoms with van der Waals surface area (Å²) >= 11 is 2.63. The molecule has 0 saturated carbocycles. The molecule has 2 amide bonds. The molecular formula is C12H17N3O4S2. The zero-order valence-corrected chi connectivity index (χ0v) is 13.4. The van der Waals surface area contributed by atoms with E-state index < -0.39 is 0 Å². The summed E-state index contributed by atoms with van der Waals surface area (Å²) in [5.41, 5.74) is 0.631. The predicted molar refractivity (Wildman–Crippen MR) is 80.3 cm³/mol. The van der Waals surface area contributed by atoms with Gasteiger partial charge in [-0.2, -0.15) is 0 Å². The fourth-order valence-corrected chi connectivity index (χ4v) is 2.92. The second-order valence-electron chi connectivity index (χ2n) is 3.83. The first-order chi connectivity index (χ1) is 10.0. The summed E-state index contributed by atoms with van der Waals surface area (Å²) in [6, 6.07) is 0. The van der Waals surface area contributed by atoms with Crippen LogP contribution in [0.4, 0.5) is 0 Å². The third-order valence-corrected chi connectivity index (χ3v) is 4.28. The number of nitrogens with one attached hydrogen (secondary N) is 2. The first-order valence-corrected chi connectivity index (χ1v) is 8.11. The summed E-state index contributed by atoms with van der Waals surface area (Å²) in [5, 5.41) is 6.67. The Labute approximate surface area is 130 Å². The molecule has 0 fully saturated rings. The summed E-state index contributed by atoms with van der Waals surface area (Å²) < 4.78 is 5.53. The van der Waals surface area contributed by atoms with Crippen molar-refractivity contribution in [3.63, 3.8) is 0 Å². The van der Waals surface area contributed by atoms with Gasteiger partial charge in [-0.15, -0.1) is 11.3 Å².